The first-order chi connectivity index (χ1) is 6.33. The molecule has 1 aromatic rings. The van der Waals surface area contributed by atoms with Crippen LogP contribution in [0.25, 0.3) is 0 Å². The Balaban J connectivity index is 2.31. The summed E-state index contributed by atoms with van der Waals surface area (Å²) >= 11 is 0. The van der Waals surface area contributed by atoms with E-state index in [4.69, 9.17) is 4.74 Å². The smallest absolute Gasteiger partial charge is 0.306 e. The van der Waals surface area contributed by atoms with Gasteiger partial charge in [0.1, 0.15) is 0 Å². The molecule has 0 bridgehead atoms. The number of rotatable bonds is 4. The molecule has 0 saturated heterocycles. The third-order valence-electron chi connectivity index (χ3n) is 1.57. The lowest BCUT2D eigenvalue weighted by Crippen LogP contribution is -2.05. The molecule has 0 aliphatic carbocycles. The van der Waals surface area contributed by atoms with Crippen LogP contribution < -0.4 is 0 Å². The molecule has 1 rings (SSSR count). The first-order valence-electron chi connectivity index (χ1n) is 4.24. The van der Waals surface area contributed by atoms with Gasteiger partial charge in [-0.1, -0.05) is 0 Å². The summed E-state index contributed by atoms with van der Waals surface area (Å²) in [5.41, 5.74) is 1.00. The lowest BCUT2D eigenvalue weighted by molar-refractivity contribution is -0.143. The Labute approximate surface area is 76.9 Å². The van der Waals surface area contributed by atoms with Gasteiger partial charge in [0.2, 0.25) is 0 Å². The first-order valence-corrected chi connectivity index (χ1v) is 4.24. The SMILES string of the molecule is CCOC(=O)CCc1ccnnc1. The van der Waals surface area contributed by atoms with Gasteiger partial charge < -0.3 is 4.74 Å². The number of hydrogen-bond donors (Lipinski definition) is 0. The molecule has 4 heteroatoms. The largest absolute Gasteiger partial charge is 0.466 e. The molecule has 0 spiro atoms. The molecule has 1 heterocycles. The number of hydrogen-bond acceptors (Lipinski definition) is 4. The Morgan fingerprint density at radius 1 is 1.54 bits per heavy atom. The number of carbonyl (C=O) groups is 1. The summed E-state index contributed by atoms with van der Waals surface area (Å²) in [5.74, 6) is -0.167. The Hall–Kier alpha value is -1.45. The van der Waals surface area contributed by atoms with Crippen molar-refractivity contribution in [2.45, 2.75) is 19.8 Å². The second kappa shape index (κ2) is 5.24. The Morgan fingerprint density at radius 2 is 2.38 bits per heavy atom. The minimum absolute atomic E-state index is 0.167. The van der Waals surface area contributed by atoms with Gasteiger partial charge in [-0.3, -0.25) is 4.79 Å². The van der Waals surface area contributed by atoms with Crippen LogP contribution in [0.3, 0.4) is 0 Å². The molecule has 0 aliphatic rings. The highest BCUT2D eigenvalue weighted by atomic mass is 16.5. The zero-order valence-electron chi connectivity index (χ0n) is 7.56. The highest BCUT2D eigenvalue weighted by Gasteiger charge is 2.01. The highest BCUT2D eigenvalue weighted by molar-refractivity contribution is 5.69. The van der Waals surface area contributed by atoms with Crippen LogP contribution in [-0.4, -0.2) is 22.8 Å². The lowest BCUT2D eigenvalue weighted by atomic mass is 10.2. The van der Waals surface area contributed by atoms with Crippen LogP contribution in [0.2, 0.25) is 0 Å². The summed E-state index contributed by atoms with van der Waals surface area (Å²) in [4.78, 5) is 11.0. The minimum Gasteiger partial charge on any atom is -0.466 e. The van der Waals surface area contributed by atoms with Gasteiger partial charge in [0.25, 0.3) is 0 Å². The van der Waals surface area contributed by atoms with Gasteiger partial charge in [-0.15, -0.1) is 0 Å². The van der Waals surface area contributed by atoms with Crippen molar-refractivity contribution in [3.8, 4) is 0 Å². The van der Waals surface area contributed by atoms with Gasteiger partial charge in [0, 0.05) is 12.6 Å². The van der Waals surface area contributed by atoms with Crippen molar-refractivity contribution in [1.29, 1.82) is 0 Å². The zero-order valence-corrected chi connectivity index (χ0v) is 7.56. The van der Waals surface area contributed by atoms with Crippen LogP contribution in [0.15, 0.2) is 18.5 Å². The van der Waals surface area contributed by atoms with Crippen molar-refractivity contribution in [2.75, 3.05) is 6.61 Å². The summed E-state index contributed by atoms with van der Waals surface area (Å²) < 4.78 is 4.79. The molecular weight excluding hydrogens is 168 g/mol. The number of ether oxygens (including phenoxy) is 1. The van der Waals surface area contributed by atoms with Crippen molar-refractivity contribution in [1.82, 2.24) is 10.2 Å². The molecule has 0 amide bonds. The number of aryl methyl sites for hydroxylation is 1. The van der Waals surface area contributed by atoms with E-state index >= 15 is 0 Å². The maximum atomic E-state index is 11.0. The van der Waals surface area contributed by atoms with Gasteiger partial charge in [0.05, 0.1) is 12.8 Å². The van der Waals surface area contributed by atoms with Crippen molar-refractivity contribution in [3.05, 3.63) is 24.0 Å². The normalized spacial score (nSPS) is 9.62. The van der Waals surface area contributed by atoms with Crippen molar-refractivity contribution < 1.29 is 9.53 Å². The number of aromatic nitrogens is 2. The van der Waals surface area contributed by atoms with Crippen LogP contribution in [0.1, 0.15) is 18.9 Å². The number of nitrogens with zero attached hydrogens (tertiary/aromatic N) is 2. The Bertz CT molecular complexity index is 262. The average Bonchev–Trinajstić information content (AvgIpc) is 2.17. The maximum Gasteiger partial charge on any atom is 0.306 e. The zero-order chi connectivity index (χ0) is 9.52. The van der Waals surface area contributed by atoms with E-state index < -0.39 is 0 Å². The van der Waals surface area contributed by atoms with Gasteiger partial charge in [-0.2, -0.15) is 10.2 Å². The molecule has 0 radical (unpaired) electrons. The average molecular weight is 180 g/mol. The third-order valence-corrected chi connectivity index (χ3v) is 1.57. The molecule has 0 fully saturated rings. The van der Waals surface area contributed by atoms with E-state index in [9.17, 15) is 4.79 Å². The summed E-state index contributed by atoms with van der Waals surface area (Å²) in [7, 11) is 0. The first kappa shape index (κ1) is 9.64. The highest BCUT2D eigenvalue weighted by Crippen LogP contribution is 2.00. The van der Waals surface area contributed by atoms with E-state index in [1.807, 2.05) is 6.07 Å². The fourth-order valence-corrected chi connectivity index (χ4v) is 0.946. The van der Waals surface area contributed by atoms with Crippen LogP contribution >= 0.6 is 0 Å². The molecule has 0 aliphatic heterocycles. The molecule has 70 valence electrons. The number of carbonyl (C=O) groups excluding carboxylic acids is 1. The van der Waals surface area contributed by atoms with Crippen molar-refractivity contribution >= 4 is 5.97 Å². The summed E-state index contributed by atoms with van der Waals surface area (Å²) in [6.07, 6.45) is 4.33. The van der Waals surface area contributed by atoms with Crippen LogP contribution in [0.5, 0.6) is 0 Å². The fraction of sp³-hybridized carbons (Fsp3) is 0.444. The topological polar surface area (TPSA) is 52.1 Å². The summed E-state index contributed by atoms with van der Waals surface area (Å²) in [5, 5.41) is 7.35. The van der Waals surface area contributed by atoms with Crippen molar-refractivity contribution in [3.63, 3.8) is 0 Å². The quantitative estimate of drug-likeness (QED) is 0.648. The Morgan fingerprint density at radius 3 is 3.00 bits per heavy atom. The van der Waals surface area contributed by atoms with Crippen LogP contribution in [-0.2, 0) is 16.0 Å². The van der Waals surface area contributed by atoms with E-state index in [2.05, 4.69) is 10.2 Å². The molecule has 0 saturated carbocycles. The standard InChI is InChI=1S/C9H12N2O2/c1-2-13-9(12)4-3-8-5-6-10-11-7-8/h5-7H,2-4H2,1H3. The molecule has 4 nitrogen and oxygen atoms in total. The molecule has 1 aromatic heterocycles. The van der Waals surface area contributed by atoms with Gasteiger partial charge in [-0.05, 0) is 25.0 Å². The second-order valence-corrected chi connectivity index (χ2v) is 2.56. The summed E-state index contributed by atoms with van der Waals surface area (Å²) in [6.45, 7) is 2.24. The number of esters is 1. The van der Waals surface area contributed by atoms with Crippen molar-refractivity contribution in [2.24, 2.45) is 0 Å². The van der Waals surface area contributed by atoms with Gasteiger partial charge in [0.15, 0.2) is 0 Å². The van der Waals surface area contributed by atoms with E-state index in [0.717, 1.165) is 5.56 Å². The third kappa shape index (κ3) is 3.64. The van der Waals surface area contributed by atoms with Gasteiger partial charge in [-0.25, -0.2) is 0 Å². The second-order valence-electron chi connectivity index (χ2n) is 2.56. The van der Waals surface area contributed by atoms with Crippen LogP contribution in [0.4, 0.5) is 0 Å². The lowest BCUT2D eigenvalue weighted by Gasteiger charge is -2.00. The fourth-order valence-electron chi connectivity index (χ4n) is 0.946. The van der Waals surface area contributed by atoms with Gasteiger partial charge >= 0.3 is 5.97 Å². The molecular formula is C9H12N2O2. The van der Waals surface area contributed by atoms with E-state index in [-0.39, 0.29) is 5.97 Å². The Kier molecular flexibility index (Phi) is 3.88. The van der Waals surface area contributed by atoms with Crippen LogP contribution in [0, 0.1) is 0 Å². The summed E-state index contributed by atoms with van der Waals surface area (Å²) in [6, 6.07) is 1.84. The maximum absolute atomic E-state index is 11.0. The van der Waals surface area contributed by atoms with E-state index in [1.54, 1.807) is 19.3 Å². The molecule has 0 atom stereocenters. The van der Waals surface area contributed by atoms with E-state index in [1.165, 1.54) is 0 Å². The molecule has 13 heavy (non-hydrogen) atoms. The predicted molar refractivity (Wildman–Crippen MR) is 47.0 cm³/mol. The van der Waals surface area contributed by atoms with E-state index in [0.29, 0.717) is 19.4 Å². The minimum atomic E-state index is -0.167. The molecule has 0 aromatic carbocycles. The monoisotopic (exact) mass is 180 g/mol. The predicted octanol–water partition coefficient (Wildman–Crippen LogP) is 0.972. The molecule has 0 unspecified atom stereocenters. The molecule has 0 N–H and O–H groups in total.